The normalized spacial score (nSPS) is 12.4. The van der Waals surface area contributed by atoms with Crippen molar-refractivity contribution in [1.29, 1.82) is 0 Å². The third-order valence-corrected chi connectivity index (χ3v) is 2.16. The molecule has 0 heterocycles. The van der Waals surface area contributed by atoms with Gasteiger partial charge in [-0.05, 0) is 5.92 Å². The zero-order chi connectivity index (χ0) is 11.1. The van der Waals surface area contributed by atoms with Crippen molar-refractivity contribution in [2.45, 2.75) is 26.3 Å². The van der Waals surface area contributed by atoms with E-state index in [-0.39, 0.29) is 11.8 Å². The summed E-state index contributed by atoms with van der Waals surface area (Å²) in [6, 6.07) is -0.549. The molecule has 5 heteroatoms. The number of nitrogens with one attached hydrogen (secondary N) is 1. The molecule has 1 amide bonds. The van der Waals surface area contributed by atoms with Crippen LogP contribution in [0.1, 0.15) is 20.3 Å². The topological polar surface area (TPSA) is 55.4 Å². The SMILES string of the molecule is COC(=O)[C@@H](NC(=O)CCBr)C(C)C. The predicted molar refractivity (Wildman–Crippen MR) is 57.2 cm³/mol. The first kappa shape index (κ1) is 13.4. The van der Waals surface area contributed by atoms with E-state index in [1.807, 2.05) is 13.8 Å². The van der Waals surface area contributed by atoms with Crippen LogP contribution in [0.4, 0.5) is 0 Å². The minimum atomic E-state index is -0.549. The van der Waals surface area contributed by atoms with Crippen LogP contribution in [0, 0.1) is 5.92 Å². The summed E-state index contributed by atoms with van der Waals surface area (Å²) in [6.07, 6.45) is 0.361. The molecule has 0 aliphatic carbocycles. The lowest BCUT2D eigenvalue weighted by Gasteiger charge is -2.19. The lowest BCUT2D eigenvalue weighted by atomic mass is 10.0. The average Bonchev–Trinajstić information content (AvgIpc) is 2.13. The van der Waals surface area contributed by atoms with E-state index in [1.165, 1.54) is 7.11 Å². The first-order chi connectivity index (χ1) is 6.52. The molecule has 4 nitrogen and oxygen atoms in total. The molecular formula is C9H16BrNO3. The number of carbonyl (C=O) groups is 2. The molecule has 0 rings (SSSR count). The van der Waals surface area contributed by atoms with Crippen LogP contribution in [-0.2, 0) is 14.3 Å². The Morgan fingerprint density at radius 2 is 2.00 bits per heavy atom. The van der Waals surface area contributed by atoms with Gasteiger partial charge in [0.15, 0.2) is 0 Å². The summed E-state index contributed by atoms with van der Waals surface area (Å²) in [4.78, 5) is 22.5. The number of hydrogen-bond acceptors (Lipinski definition) is 3. The number of rotatable bonds is 5. The molecule has 0 bridgehead atoms. The molecule has 1 N–H and O–H groups in total. The second kappa shape index (κ2) is 6.81. The van der Waals surface area contributed by atoms with Gasteiger partial charge in [0.25, 0.3) is 0 Å². The molecule has 82 valence electrons. The highest BCUT2D eigenvalue weighted by atomic mass is 79.9. The maximum absolute atomic E-state index is 11.2. The van der Waals surface area contributed by atoms with E-state index in [9.17, 15) is 9.59 Å². The summed E-state index contributed by atoms with van der Waals surface area (Å²) in [6.45, 7) is 3.71. The molecule has 1 atom stereocenters. The van der Waals surface area contributed by atoms with Crippen LogP contribution < -0.4 is 5.32 Å². The van der Waals surface area contributed by atoms with Gasteiger partial charge in [-0.15, -0.1) is 0 Å². The molecule has 0 radical (unpaired) electrons. The largest absolute Gasteiger partial charge is 0.467 e. The number of ether oxygens (including phenoxy) is 1. The molecule has 0 aromatic rings. The van der Waals surface area contributed by atoms with Crippen molar-refractivity contribution >= 4 is 27.8 Å². The fourth-order valence-electron chi connectivity index (χ4n) is 0.956. The van der Waals surface area contributed by atoms with E-state index in [4.69, 9.17) is 0 Å². The first-order valence-electron chi connectivity index (χ1n) is 4.46. The Morgan fingerprint density at radius 3 is 2.36 bits per heavy atom. The summed E-state index contributed by atoms with van der Waals surface area (Å²) in [5, 5.41) is 3.21. The summed E-state index contributed by atoms with van der Waals surface area (Å²) >= 11 is 3.15. The van der Waals surface area contributed by atoms with E-state index in [2.05, 4.69) is 26.0 Å². The van der Waals surface area contributed by atoms with Crippen LogP contribution in [0.2, 0.25) is 0 Å². The highest BCUT2D eigenvalue weighted by molar-refractivity contribution is 9.09. The quantitative estimate of drug-likeness (QED) is 0.598. The number of methoxy groups -OCH3 is 1. The molecule has 0 unspecified atom stereocenters. The van der Waals surface area contributed by atoms with Crippen molar-refractivity contribution in [3.8, 4) is 0 Å². The molecule has 0 fully saturated rings. The van der Waals surface area contributed by atoms with Gasteiger partial charge < -0.3 is 10.1 Å². The Bertz CT molecular complexity index is 206. The van der Waals surface area contributed by atoms with Crippen LogP contribution in [-0.4, -0.2) is 30.4 Å². The minimum absolute atomic E-state index is 0.0294. The summed E-state index contributed by atoms with van der Waals surface area (Å²) in [7, 11) is 1.31. The van der Waals surface area contributed by atoms with Crippen LogP contribution in [0.3, 0.4) is 0 Å². The van der Waals surface area contributed by atoms with Gasteiger partial charge in [0, 0.05) is 11.8 Å². The smallest absolute Gasteiger partial charge is 0.328 e. The molecule has 14 heavy (non-hydrogen) atoms. The number of esters is 1. The van der Waals surface area contributed by atoms with Gasteiger partial charge in [-0.1, -0.05) is 29.8 Å². The van der Waals surface area contributed by atoms with Gasteiger partial charge in [-0.25, -0.2) is 4.79 Å². The van der Waals surface area contributed by atoms with Crippen molar-refractivity contribution in [3.63, 3.8) is 0 Å². The summed E-state index contributed by atoms with van der Waals surface area (Å²) < 4.78 is 4.59. The lowest BCUT2D eigenvalue weighted by Crippen LogP contribution is -2.45. The molecule has 0 aliphatic heterocycles. The van der Waals surface area contributed by atoms with E-state index >= 15 is 0 Å². The molecular weight excluding hydrogens is 250 g/mol. The van der Waals surface area contributed by atoms with Gasteiger partial charge in [-0.3, -0.25) is 4.79 Å². The van der Waals surface area contributed by atoms with Crippen LogP contribution >= 0.6 is 15.9 Å². The Morgan fingerprint density at radius 1 is 1.43 bits per heavy atom. The fourth-order valence-corrected chi connectivity index (χ4v) is 1.32. The standard InChI is InChI=1S/C9H16BrNO3/c1-6(2)8(9(13)14-3)11-7(12)4-5-10/h6,8H,4-5H2,1-3H3,(H,11,12)/t8-/m0/s1. The molecule has 0 aromatic carbocycles. The van der Waals surface area contributed by atoms with Crippen LogP contribution in [0.5, 0.6) is 0 Å². The number of carbonyl (C=O) groups excluding carboxylic acids is 2. The predicted octanol–water partition coefficient (Wildman–Crippen LogP) is 1.09. The van der Waals surface area contributed by atoms with E-state index < -0.39 is 12.0 Å². The van der Waals surface area contributed by atoms with Crippen LogP contribution in [0.25, 0.3) is 0 Å². The van der Waals surface area contributed by atoms with Gasteiger partial charge >= 0.3 is 5.97 Å². The molecule has 0 aliphatic rings. The van der Waals surface area contributed by atoms with Crippen molar-refractivity contribution < 1.29 is 14.3 Å². The van der Waals surface area contributed by atoms with Crippen molar-refractivity contribution in [2.75, 3.05) is 12.4 Å². The summed E-state index contributed by atoms with van der Waals surface area (Å²) in [5.41, 5.74) is 0. The van der Waals surface area contributed by atoms with Gasteiger partial charge in [0.05, 0.1) is 7.11 Å². The molecule has 0 spiro atoms. The number of hydrogen-bond donors (Lipinski definition) is 1. The molecule has 0 saturated heterocycles. The van der Waals surface area contributed by atoms with Gasteiger partial charge in [0.2, 0.25) is 5.91 Å². The second-order valence-corrected chi connectivity index (χ2v) is 4.04. The molecule has 0 saturated carbocycles. The van der Waals surface area contributed by atoms with Crippen molar-refractivity contribution in [1.82, 2.24) is 5.32 Å². The van der Waals surface area contributed by atoms with E-state index in [0.29, 0.717) is 11.8 Å². The third kappa shape index (κ3) is 4.60. The van der Waals surface area contributed by atoms with Gasteiger partial charge in [0.1, 0.15) is 6.04 Å². The summed E-state index contributed by atoms with van der Waals surface area (Å²) in [5.74, 6) is -0.518. The van der Waals surface area contributed by atoms with E-state index in [1.54, 1.807) is 0 Å². The minimum Gasteiger partial charge on any atom is -0.467 e. The maximum Gasteiger partial charge on any atom is 0.328 e. The molecule has 0 aromatic heterocycles. The highest BCUT2D eigenvalue weighted by Gasteiger charge is 2.24. The zero-order valence-corrected chi connectivity index (χ0v) is 10.3. The van der Waals surface area contributed by atoms with E-state index in [0.717, 1.165) is 0 Å². The second-order valence-electron chi connectivity index (χ2n) is 3.25. The number of amides is 1. The lowest BCUT2D eigenvalue weighted by molar-refractivity contribution is -0.146. The average molecular weight is 266 g/mol. The maximum atomic E-state index is 11.2. The van der Waals surface area contributed by atoms with Crippen LogP contribution in [0.15, 0.2) is 0 Å². The number of halogens is 1. The fraction of sp³-hybridized carbons (Fsp3) is 0.778. The third-order valence-electron chi connectivity index (χ3n) is 1.76. The zero-order valence-electron chi connectivity index (χ0n) is 8.67. The first-order valence-corrected chi connectivity index (χ1v) is 5.58. The van der Waals surface area contributed by atoms with Crippen molar-refractivity contribution in [2.24, 2.45) is 5.92 Å². The Hall–Kier alpha value is -0.580. The number of alkyl halides is 1. The van der Waals surface area contributed by atoms with Gasteiger partial charge in [-0.2, -0.15) is 0 Å². The Kier molecular flexibility index (Phi) is 6.53. The highest BCUT2D eigenvalue weighted by Crippen LogP contribution is 2.04. The van der Waals surface area contributed by atoms with Crippen molar-refractivity contribution in [3.05, 3.63) is 0 Å². The Labute approximate surface area is 92.5 Å². The monoisotopic (exact) mass is 265 g/mol. The Balaban J connectivity index is 4.23.